The van der Waals surface area contributed by atoms with Gasteiger partial charge in [-0.05, 0) is 30.4 Å². The van der Waals surface area contributed by atoms with E-state index in [1.807, 2.05) is 22.4 Å². The molecule has 3 aromatic heterocycles. The first-order valence-electron chi connectivity index (χ1n) is 8.15. The third kappa shape index (κ3) is 3.25. The Balaban J connectivity index is 1.43. The van der Waals surface area contributed by atoms with Gasteiger partial charge in [0, 0.05) is 37.6 Å². The van der Waals surface area contributed by atoms with Crippen molar-refractivity contribution in [1.29, 1.82) is 0 Å². The number of likely N-dealkylation sites (tertiary alicyclic amines) is 1. The third-order valence-corrected chi connectivity index (χ3v) is 5.10. The maximum Gasteiger partial charge on any atom is 0.272 e. The fourth-order valence-electron chi connectivity index (χ4n) is 3.04. The zero-order chi connectivity index (χ0) is 17.2. The van der Waals surface area contributed by atoms with E-state index >= 15 is 0 Å². The summed E-state index contributed by atoms with van der Waals surface area (Å²) in [5, 5.41) is 9.13. The fourth-order valence-corrected chi connectivity index (χ4v) is 3.73. The van der Waals surface area contributed by atoms with Crippen LogP contribution in [0, 0.1) is 0 Å². The van der Waals surface area contributed by atoms with Crippen LogP contribution >= 0.6 is 11.3 Å². The summed E-state index contributed by atoms with van der Waals surface area (Å²) in [6.07, 6.45) is 5.13. The lowest BCUT2D eigenvalue weighted by molar-refractivity contribution is 0.0679. The van der Waals surface area contributed by atoms with Gasteiger partial charge in [-0.15, -0.1) is 11.3 Å². The van der Waals surface area contributed by atoms with E-state index in [1.54, 1.807) is 29.0 Å². The van der Waals surface area contributed by atoms with E-state index in [0.717, 1.165) is 24.3 Å². The molecule has 0 aromatic carbocycles. The van der Waals surface area contributed by atoms with Gasteiger partial charge in [-0.2, -0.15) is 5.10 Å². The molecule has 0 bridgehead atoms. The number of carbonyl (C=O) groups excluding carboxylic acids is 2. The molecule has 0 spiro atoms. The van der Waals surface area contributed by atoms with Gasteiger partial charge >= 0.3 is 0 Å². The SMILES string of the molecule is O=C(N[C@@H]1CCCN(C(=O)c2cccs2)C1)c1cc2ncccn2n1. The summed E-state index contributed by atoms with van der Waals surface area (Å²) in [5.74, 6) is -0.202. The summed E-state index contributed by atoms with van der Waals surface area (Å²) in [6, 6.07) is 7.06. The van der Waals surface area contributed by atoms with E-state index in [-0.39, 0.29) is 17.9 Å². The van der Waals surface area contributed by atoms with E-state index in [9.17, 15) is 9.59 Å². The van der Waals surface area contributed by atoms with E-state index in [2.05, 4.69) is 15.4 Å². The molecule has 1 N–H and O–H groups in total. The average molecular weight is 355 g/mol. The molecule has 1 fully saturated rings. The molecule has 3 aromatic rings. The highest BCUT2D eigenvalue weighted by Gasteiger charge is 2.26. The molecule has 0 radical (unpaired) electrons. The molecule has 1 aliphatic heterocycles. The lowest BCUT2D eigenvalue weighted by atomic mass is 10.1. The molecule has 1 aliphatic rings. The molecule has 25 heavy (non-hydrogen) atoms. The fraction of sp³-hybridized carbons (Fsp3) is 0.294. The second-order valence-electron chi connectivity index (χ2n) is 5.99. The number of piperidine rings is 1. The lowest BCUT2D eigenvalue weighted by Gasteiger charge is -2.32. The maximum atomic E-state index is 12.5. The average Bonchev–Trinajstić information content (AvgIpc) is 3.31. The first-order valence-corrected chi connectivity index (χ1v) is 9.03. The smallest absolute Gasteiger partial charge is 0.272 e. The molecular weight excluding hydrogens is 338 g/mol. The molecule has 4 rings (SSSR count). The molecule has 7 nitrogen and oxygen atoms in total. The van der Waals surface area contributed by atoms with Crippen LogP contribution in [0.4, 0.5) is 0 Å². The standard InChI is InChI=1S/C17H17N5O2S/c23-16(13-10-15-18-6-3-8-22(15)20-13)19-12-4-1-7-21(11-12)17(24)14-5-2-9-25-14/h2-3,5-6,8-10,12H,1,4,7,11H2,(H,19,23)/t12-/m1/s1. The Morgan fingerprint density at radius 1 is 1.32 bits per heavy atom. The quantitative estimate of drug-likeness (QED) is 0.777. The van der Waals surface area contributed by atoms with Crippen LogP contribution < -0.4 is 5.32 Å². The predicted octanol–water partition coefficient (Wildman–Crippen LogP) is 1.83. The highest BCUT2D eigenvalue weighted by atomic mass is 32.1. The van der Waals surface area contributed by atoms with Crippen LogP contribution in [0.3, 0.4) is 0 Å². The van der Waals surface area contributed by atoms with Crippen LogP contribution in [0.1, 0.15) is 33.0 Å². The largest absolute Gasteiger partial charge is 0.346 e. The van der Waals surface area contributed by atoms with Crippen LogP contribution in [-0.4, -0.2) is 50.4 Å². The summed E-state index contributed by atoms with van der Waals surface area (Å²) in [6.45, 7) is 1.25. The Morgan fingerprint density at radius 3 is 3.04 bits per heavy atom. The zero-order valence-electron chi connectivity index (χ0n) is 13.5. The number of aromatic nitrogens is 3. The normalized spacial score (nSPS) is 17.6. The van der Waals surface area contributed by atoms with Gasteiger partial charge in [0.15, 0.2) is 11.3 Å². The minimum Gasteiger partial charge on any atom is -0.346 e. The van der Waals surface area contributed by atoms with E-state index in [1.165, 1.54) is 11.3 Å². The second kappa shape index (κ2) is 6.64. The van der Waals surface area contributed by atoms with E-state index in [4.69, 9.17) is 0 Å². The molecule has 0 aliphatic carbocycles. The van der Waals surface area contributed by atoms with Gasteiger partial charge in [0.05, 0.1) is 4.88 Å². The zero-order valence-corrected chi connectivity index (χ0v) is 14.3. The van der Waals surface area contributed by atoms with Crippen molar-refractivity contribution in [2.75, 3.05) is 13.1 Å². The van der Waals surface area contributed by atoms with Gasteiger partial charge in [-0.25, -0.2) is 9.50 Å². The number of amides is 2. The predicted molar refractivity (Wildman–Crippen MR) is 93.7 cm³/mol. The maximum absolute atomic E-state index is 12.5. The summed E-state index contributed by atoms with van der Waals surface area (Å²) in [4.78, 5) is 31.7. The van der Waals surface area contributed by atoms with E-state index < -0.39 is 0 Å². The Morgan fingerprint density at radius 2 is 2.24 bits per heavy atom. The number of nitrogens with one attached hydrogen (secondary N) is 1. The molecule has 2 amide bonds. The molecule has 8 heteroatoms. The van der Waals surface area contributed by atoms with Crippen molar-refractivity contribution < 1.29 is 9.59 Å². The van der Waals surface area contributed by atoms with Gasteiger partial charge in [0.2, 0.25) is 0 Å². The van der Waals surface area contributed by atoms with Gasteiger partial charge in [0.1, 0.15) is 0 Å². The first kappa shape index (κ1) is 15.8. The van der Waals surface area contributed by atoms with Crippen molar-refractivity contribution in [3.8, 4) is 0 Å². The van der Waals surface area contributed by atoms with Crippen LogP contribution in [0.5, 0.6) is 0 Å². The van der Waals surface area contributed by atoms with Gasteiger partial charge in [-0.3, -0.25) is 9.59 Å². The Kier molecular flexibility index (Phi) is 4.19. The van der Waals surface area contributed by atoms with Crippen molar-refractivity contribution in [3.05, 3.63) is 52.6 Å². The summed E-state index contributed by atoms with van der Waals surface area (Å²) in [7, 11) is 0. The highest BCUT2D eigenvalue weighted by Crippen LogP contribution is 2.17. The van der Waals surface area contributed by atoms with E-state index in [0.29, 0.717) is 17.9 Å². The Bertz CT molecular complexity index is 872. The molecule has 1 atom stereocenters. The monoisotopic (exact) mass is 355 g/mol. The number of thiophene rings is 1. The van der Waals surface area contributed by atoms with Crippen molar-refractivity contribution in [2.24, 2.45) is 0 Å². The van der Waals surface area contributed by atoms with Crippen molar-refractivity contribution in [2.45, 2.75) is 18.9 Å². The Labute approximate surface area is 148 Å². The molecule has 0 unspecified atom stereocenters. The number of hydrogen-bond acceptors (Lipinski definition) is 5. The highest BCUT2D eigenvalue weighted by molar-refractivity contribution is 7.12. The van der Waals surface area contributed by atoms with Crippen LogP contribution in [0.15, 0.2) is 42.0 Å². The minimum absolute atomic E-state index is 0.0332. The lowest BCUT2D eigenvalue weighted by Crippen LogP contribution is -2.49. The molecule has 1 saturated heterocycles. The second-order valence-corrected chi connectivity index (χ2v) is 6.94. The Hall–Kier alpha value is -2.74. The third-order valence-electron chi connectivity index (χ3n) is 4.24. The number of carbonyl (C=O) groups is 2. The minimum atomic E-state index is -0.235. The van der Waals surface area contributed by atoms with Crippen LogP contribution in [0.2, 0.25) is 0 Å². The molecular formula is C17H17N5O2S. The van der Waals surface area contributed by atoms with Crippen molar-refractivity contribution >= 4 is 28.8 Å². The number of nitrogens with zero attached hydrogens (tertiary/aromatic N) is 4. The molecule has 128 valence electrons. The van der Waals surface area contributed by atoms with Crippen LogP contribution in [0.25, 0.3) is 5.65 Å². The first-order chi connectivity index (χ1) is 12.2. The molecule has 4 heterocycles. The van der Waals surface area contributed by atoms with Gasteiger partial charge < -0.3 is 10.2 Å². The molecule has 0 saturated carbocycles. The van der Waals surface area contributed by atoms with Gasteiger partial charge in [0.25, 0.3) is 11.8 Å². The topological polar surface area (TPSA) is 79.6 Å². The van der Waals surface area contributed by atoms with Crippen LogP contribution in [-0.2, 0) is 0 Å². The summed E-state index contributed by atoms with van der Waals surface area (Å²) in [5.41, 5.74) is 0.964. The summed E-state index contributed by atoms with van der Waals surface area (Å²) >= 11 is 1.44. The van der Waals surface area contributed by atoms with Crippen molar-refractivity contribution in [1.82, 2.24) is 24.8 Å². The number of hydrogen-bond donors (Lipinski definition) is 1. The summed E-state index contributed by atoms with van der Waals surface area (Å²) < 4.78 is 1.57. The number of fused-ring (bicyclic) bond motifs is 1. The van der Waals surface area contributed by atoms with Gasteiger partial charge in [-0.1, -0.05) is 6.07 Å². The number of rotatable bonds is 3. The van der Waals surface area contributed by atoms with Crippen molar-refractivity contribution in [3.63, 3.8) is 0 Å².